The Hall–Kier alpha value is -1.10. The van der Waals surface area contributed by atoms with Gasteiger partial charge in [0.2, 0.25) is 11.8 Å². The van der Waals surface area contributed by atoms with E-state index >= 15 is 0 Å². The Balaban J connectivity index is 1.80. The molecule has 2 amide bonds. The smallest absolute Gasteiger partial charge is 0.242 e. The van der Waals surface area contributed by atoms with Crippen molar-refractivity contribution in [1.29, 1.82) is 0 Å². The van der Waals surface area contributed by atoms with Gasteiger partial charge in [-0.3, -0.25) is 9.59 Å². The number of rotatable bonds is 2. The first-order chi connectivity index (χ1) is 6.75. The van der Waals surface area contributed by atoms with Crippen LogP contribution >= 0.6 is 0 Å². The summed E-state index contributed by atoms with van der Waals surface area (Å²) < 4.78 is 0. The first-order valence-corrected chi connectivity index (χ1v) is 5.06. The van der Waals surface area contributed by atoms with Gasteiger partial charge < -0.3 is 16.0 Å². The van der Waals surface area contributed by atoms with E-state index in [1.807, 2.05) is 0 Å². The lowest BCUT2D eigenvalue weighted by Crippen LogP contribution is -2.46. The number of nitrogens with one attached hydrogen (secondary N) is 3. The predicted molar refractivity (Wildman–Crippen MR) is 50.6 cm³/mol. The van der Waals surface area contributed by atoms with Crippen molar-refractivity contribution in [3.05, 3.63) is 0 Å². The number of carbonyl (C=O) groups excluding carboxylic acids is 2. The van der Waals surface area contributed by atoms with Gasteiger partial charge in [-0.25, -0.2) is 0 Å². The van der Waals surface area contributed by atoms with E-state index in [9.17, 15) is 9.59 Å². The highest BCUT2D eigenvalue weighted by atomic mass is 16.2. The van der Waals surface area contributed by atoms with Crippen LogP contribution in [0.15, 0.2) is 0 Å². The Morgan fingerprint density at radius 3 is 2.86 bits per heavy atom. The van der Waals surface area contributed by atoms with Gasteiger partial charge in [-0.2, -0.15) is 0 Å². The molecule has 0 aromatic rings. The summed E-state index contributed by atoms with van der Waals surface area (Å²) in [5.41, 5.74) is 0. The first kappa shape index (κ1) is 9.45. The molecular weight excluding hydrogens is 182 g/mol. The molecule has 0 aliphatic carbocycles. The molecular formula is C9H15N3O2. The molecule has 0 spiro atoms. The summed E-state index contributed by atoms with van der Waals surface area (Å²) in [6.07, 6.45) is 2.08. The molecule has 5 nitrogen and oxygen atoms in total. The lowest BCUT2D eigenvalue weighted by molar-refractivity contribution is -0.126. The Labute approximate surface area is 82.6 Å². The fourth-order valence-electron chi connectivity index (χ4n) is 1.89. The second-order valence-corrected chi connectivity index (χ2v) is 3.86. The summed E-state index contributed by atoms with van der Waals surface area (Å²) in [7, 11) is 0. The number of hydrogen-bond acceptors (Lipinski definition) is 3. The molecule has 0 unspecified atom stereocenters. The fourth-order valence-corrected chi connectivity index (χ4v) is 1.89. The minimum Gasteiger partial charge on any atom is -0.350 e. The fraction of sp³-hybridized carbons (Fsp3) is 0.778. The van der Waals surface area contributed by atoms with Gasteiger partial charge in [0.05, 0.1) is 0 Å². The first-order valence-electron chi connectivity index (χ1n) is 5.06. The zero-order chi connectivity index (χ0) is 9.97. The average Bonchev–Trinajstić information content (AvgIpc) is 2.75. The van der Waals surface area contributed by atoms with Crippen molar-refractivity contribution in [2.45, 2.75) is 31.3 Å². The highest BCUT2D eigenvalue weighted by molar-refractivity contribution is 5.90. The predicted octanol–water partition coefficient (Wildman–Crippen LogP) is -1.26. The van der Waals surface area contributed by atoms with E-state index in [0.29, 0.717) is 12.8 Å². The molecule has 2 heterocycles. The van der Waals surface area contributed by atoms with Gasteiger partial charge in [0.1, 0.15) is 6.04 Å². The maximum Gasteiger partial charge on any atom is 0.242 e. The van der Waals surface area contributed by atoms with Gasteiger partial charge in [-0.15, -0.1) is 0 Å². The Kier molecular flexibility index (Phi) is 2.67. The van der Waals surface area contributed by atoms with E-state index in [1.54, 1.807) is 0 Å². The lowest BCUT2D eigenvalue weighted by atomic mass is 10.2. The Morgan fingerprint density at radius 1 is 1.43 bits per heavy atom. The van der Waals surface area contributed by atoms with E-state index < -0.39 is 0 Å². The summed E-state index contributed by atoms with van der Waals surface area (Å²) in [6, 6.07) is -0.0666. The molecule has 2 rings (SSSR count). The van der Waals surface area contributed by atoms with E-state index in [2.05, 4.69) is 16.0 Å². The minimum absolute atomic E-state index is 0.0188. The van der Waals surface area contributed by atoms with Gasteiger partial charge >= 0.3 is 0 Å². The quantitative estimate of drug-likeness (QED) is 0.517. The summed E-state index contributed by atoms with van der Waals surface area (Å²) in [6.45, 7) is 1.80. The van der Waals surface area contributed by atoms with E-state index in [-0.39, 0.29) is 23.9 Å². The average molecular weight is 197 g/mol. The van der Waals surface area contributed by atoms with E-state index in [1.165, 1.54) is 0 Å². The van der Waals surface area contributed by atoms with Crippen molar-refractivity contribution in [3.63, 3.8) is 0 Å². The maximum atomic E-state index is 11.6. The summed E-state index contributed by atoms with van der Waals surface area (Å²) >= 11 is 0. The minimum atomic E-state index is -0.303. The summed E-state index contributed by atoms with van der Waals surface area (Å²) in [5.74, 6) is -0.0563. The molecule has 0 aromatic carbocycles. The van der Waals surface area contributed by atoms with Crippen molar-refractivity contribution < 1.29 is 9.59 Å². The molecule has 0 aromatic heterocycles. The van der Waals surface area contributed by atoms with E-state index in [0.717, 1.165) is 19.5 Å². The van der Waals surface area contributed by atoms with Crippen LogP contribution in [-0.4, -0.2) is 37.0 Å². The van der Waals surface area contributed by atoms with Crippen LogP contribution in [-0.2, 0) is 9.59 Å². The van der Waals surface area contributed by atoms with Gasteiger partial charge in [0.15, 0.2) is 0 Å². The molecule has 2 saturated heterocycles. The molecule has 3 N–H and O–H groups in total. The number of amides is 2. The molecule has 0 saturated carbocycles. The SMILES string of the molecule is O=C1CC[C@H](C(=O)N[C@@H]2CCNC2)N1. The van der Waals surface area contributed by atoms with Crippen molar-refractivity contribution in [2.24, 2.45) is 0 Å². The zero-order valence-corrected chi connectivity index (χ0v) is 8.01. The third-order valence-corrected chi connectivity index (χ3v) is 2.72. The Bertz CT molecular complexity index is 248. The normalized spacial score (nSPS) is 31.6. The molecule has 0 radical (unpaired) electrons. The number of carbonyl (C=O) groups is 2. The highest BCUT2D eigenvalue weighted by Crippen LogP contribution is 2.07. The van der Waals surface area contributed by atoms with Gasteiger partial charge in [-0.1, -0.05) is 0 Å². The van der Waals surface area contributed by atoms with E-state index in [4.69, 9.17) is 0 Å². The molecule has 14 heavy (non-hydrogen) atoms. The third-order valence-electron chi connectivity index (χ3n) is 2.72. The van der Waals surface area contributed by atoms with Gasteiger partial charge in [0, 0.05) is 19.0 Å². The van der Waals surface area contributed by atoms with Crippen LogP contribution < -0.4 is 16.0 Å². The third kappa shape index (κ3) is 2.04. The second kappa shape index (κ2) is 3.96. The summed E-state index contributed by atoms with van der Waals surface area (Å²) in [5, 5.41) is 8.76. The summed E-state index contributed by atoms with van der Waals surface area (Å²) in [4.78, 5) is 22.5. The van der Waals surface area contributed by atoms with Crippen LogP contribution in [0, 0.1) is 0 Å². The van der Waals surface area contributed by atoms with Crippen molar-refractivity contribution in [3.8, 4) is 0 Å². The topological polar surface area (TPSA) is 70.2 Å². The molecule has 78 valence electrons. The van der Waals surface area contributed by atoms with Crippen LogP contribution in [0.2, 0.25) is 0 Å². The van der Waals surface area contributed by atoms with Crippen molar-refractivity contribution in [2.75, 3.05) is 13.1 Å². The van der Waals surface area contributed by atoms with Crippen molar-refractivity contribution >= 4 is 11.8 Å². The maximum absolute atomic E-state index is 11.6. The zero-order valence-electron chi connectivity index (χ0n) is 8.01. The number of hydrogen-bond donors (Lipinski definition) is 3. The Morgan fingerprint density at radius 2 is 2.29 bits per heavy atom. The molecule has 2 aliphatic heterocycles. The lowest BCUT2D eigenvalue weighted by Gasteiger charge is -2.15. The largest absolute Gasteiger partial charge is 0.350 e. The standard InChI is InChI=1S/C9H15N3O2/c13-8-2-1-7(12-8)9(14)11-6-3-4-10-5-6/h6-7,10H,1-5H2,(H,11,14)(H,12,13)/t6-,7-/m1/s1. The molecule has 2 fully saturated rings. The van der Waals surface area contributed by atoms with Crippen LogP contribution in [0.3, 0.4) is 0 Å². The van der Waals surface area contributed by atoms with Crippen LogP contribution in [0.25, 0.3) is 0 Å². The second-order valence-electron chi connectivity index (χ2n) is 3.86. The monoisotopic (exact) mass is 197 g/mol. The highest BCUT2D eigenvalue weighted by Gasteiger charge is 2.28. The molecule has 5 heteroatoms. The van der Waals surface area contributed by atoms with Crippen LogP contribution in [0.1, 0.15) is 19.3 Å². The van der Waals surface area contributed by atoms with Crippen LogP contribution in [0.4, 0.5) is 0 Å². The molecule has 2 atom stereocenters. The molecule has 0 bridgehead atoms. The molecule has 2 aliphatic rings. The van der Waals surface area contributed by atoms with Gasteiger partial charge in [0.25, 0.3) is 0 Å². The van der Waals surface area contributed by atoms with Crippen LogP contribution in [0.5, 0.6) is 0 Å². The van der Waals surface area contributed by atoms with Crippen molar-refractivity contribution in [1.82, 2.24) is 16.0 Å². The van der Waals surface area contributed by atoms with Gasteiger partial charge in [-0.05, 0) is 19.4 Å².